The molecule has 0 unspecified atom stereocenters. The highest BCUT2D eigenvalue weighted by molar-refractivity contribution is 5.69. The first kappa shape index (κ1) is 12.3. The Bertz CT molecular complexity index is 234. The molecule has 0 aliphatic carbocycles. The zero-order chi connectivity index (χ0) is 11.6. The molecule has 1 fully saturated rings. The molecule has 1 N–H and O–H groups in total. The van der Waals surface area contributed by atoms with Crippen LogP contribution < -0.4 is 0 Å². The number of carbonyl (C=O) groups excluding carboxylic acids is 1. The fourth-order valence-corrected chi connectivity index (χ4v) is 1.83. The second kappa shape index (κ2) is 4.39. The number of amides is 1. The Labute approximate surface area is 91.2 Å². The number of likely N-dealkylation sites (tertiary alicyclic amines) is 1. The predicted octanol–water partition coefficient (Wildman–Crippen LogP) is 1.62. The predicted molar refractivity (Wildman–Crippen MR) is 57.6 cm³/mol. The zero-order valence-corrected chi connectivity index (χ0v) is 9.99. The molecule has 0 aromatic carbocycles. The maximum Gasteiger partial charge on any atom is 0.410 e. The molecular formula is C11H21NO3. The lowest BCUT2D eigenvalue weighted by Gasteiger charge is -2.28. The molecule has 0 bridgehead atoms. The first-order valence-corrected chi connectivity index (χ1v) is 5.45. The molecule has 0 radical (unpaired) electrons. The van der Waals surface area contributed by atoms with Gasteiger partial charge in [0.05, 0.1) is 0 Å². The summed E-state index contributed by atoms with van der Waals surface area (Å²) in [5.74, 6) is 0.192. The van der Waals surface area contributed by atoms with E-state index in [0.29, 0.717) is 6.54 Å². The third-order valence-electron chi connectivity index (χ3n) is 2.78. The van der Waals surface area contributed by atoms with Crippen LogP contribution in [0.1, 0.15) is 34.1 Å². The van der Waals surface area contributed by atoms with Gasteiger partial charge in [-0.1, -0.05) is 0 Å². The van der Waals surface area contributed by atoms with Gasteiger partial charge in [0.2, 0.25) is 0 Å². The molecule has 0 spiro atoms. The Morgan fingerprint density at radius 1 is 1.53 bits per heavy atom. The Kier molecular flexibility index (Phi) is 3.60. The van der Waals surface area contributed by atoms with Crippen molar-refractivity contribution >= 4 is 6.09 Å². The summed E-state index contributed by atoms with van der Waals surface area (Å²) in [4.78, 5) is 13.5. The maximum atomic E-state index is 11.8. The molecule has 2 atom stereocenters. The summed E-state index contributed by atoms with van der Waals surface area (Å²) >= 11 is 0. The van der Waals surface area contributed by atoms with Gasteiger partial charge in [-0.15, -0.1) is 0 Å². The van der Waals surface area contributed by atoms with Crippen molar-refractivity contribution in [3.05, 3.63) is 0 Å². The van der Waals surface area contributed by atoms with Gasteiger partial charge in [-0.2, -0.15) is 0 Å². The summed E-state index contributed by atoms with van der Waals surface area (Å²) in [5, 5.41) is 9.09. The van der Waals surface area contributed by atoms with E-state index in [2.05, 4.69) is 0 Å². The molecule has 0 aromatic rings. The van der Waals surface area contributed by atoms with Crippen molar-refractivity contribution in [2.45, 2.75) is 45.8 Å². The summed E-state index contributed by atoms with van der Waals surface area (Å²) in [6, 6.07) is 0.0739. The van der Waals surface area contributed by atoms with Crippen LogP contribution >= 0.6 is 0 Å². The van der Waals surface area contributed by atoms with Crippen molar-refractivity contribution in [1.29, 1.82) is 0 Å². The van der Waals surface area contributed by atoms with Gasteiger partial charge in [-0.25, -0.2) is 4.79 Å². The number of ether oxygens (including phenoxy) is 1. The number of aliphatic hydroxyl groups is 1. The molecular weight excluding hydrogens is 194 g/mol. The topological polar surface area (TPSA) is 49.8 Å². The average Bonchev–Trinajstić information content (AvgIpc) is 2.43. The normalized spacial score (nSPS) is 26.9. The summed E-state index contributed by atoms with van der Waals surface area (Å²) in [6.45, 7) is 8.35. The third-order valence-corrected chi connectivity index (χ3v) is 2.78. The van der Waals surface area contributed by atoms with E-state index in [1.54, 1.807) is 4.90 Å². The van der Waals surface area contributed by atoms with Crippen molar-refractivity contribution in [3.8, 4) is 0 Å². The zero-order valence-electron chi connectivity index (χ0n) is 9.99. The van der Waals surface area contributed by atoms with E-state index in [9.17, 15) is 4.79 Å². The smallest absolute Gasteiger partial charge is 0.410 e. The number of aliphatic hydroxyl groups excluding tert-OH is 1. The average molecular weight is 215 g/mol. The van der Waals surface area contributed by atoms with Crippen molar-refractivity contribution in [2.75, 3.05) is 13.2 Å². The highest BCUT2D eigenvalue weighted by atomic mass is 16.6. The van der Waals surface area contributed by atoms with Crippen LogP contribution in [0.2, 0.25) is 0 Å². The van der Waals surface area contributed by atoms with Crippen LogP contribution in [0.4, 0.5) is 4.79 Å². The number of hydrogen-bond donors (Lipinski definition) is 1. The van der Waals surface area contributed by atoms with Crippen LogP contribution in [-0.2, 0) is 4.74 Å². The van der Waals surface area contributed by atoms with E-state index < -0.39 is 5.60 Å². The number of rotatable bonds is 1. The molecule has 88 valence electrons. The van der Waals surface area contributed by atoms with Gasteiger partial charge >= 0.3 is 6.09 Å². The molecule has 1 heterocycles. The lowest BCUT2D eigenvalue weighted by Crippen LogP contribution is -2.40. The Balaban J connectivity index is 2.55. The minimum absolute atomic E-state index is 0.0739. The van der Waals surface area contributed by atoms with Gasteiger partial charge in [-0.05, 0) is 34.1 Å². The summed E-state index contributed by atoms with van der Waals surface area (Å²) < 4.78 is 5.29. The van der Waals surface area contributed by atoms with E-state index in [1.165, 1.54) is 0 Å². The molecule has 0 saturated carbocycles. The van der Waals surface area contributed by atoms with Crippen LogP contribution in [0, 0.1) is 5.92 Å². The maximum absolute atomic E-state index is 11.8. The van der Waals surface area contributed by atoms with E-state index in [0.717, 1.165) is 6.42 Å². The van der Waals surface area contributed by atoms with E-state index >= 15 is 0 Å². The Morgan fingerprint density at radius 3 is 2.53 bits per heavy atom. The standard InChI is InChI=1S/C11H21NO3/c1-8-9(7-13)5-6-12(8)10(14)15-11(2,3)4/h8-9,13H,5-7H2,1-4H3/t8-,9+/m0/s1. The van der Waals surface area contributed by atoms with Gasteiger partial charge in [0.25, 0.3) is 0 Å². The van der Waals surface area contributed by atoms with Gasteiger partial charge in [0.1, 0.15) is 5.60 Å². The second-order valence-electron chi connectivity index (χ2n) is 5.15. The van der Waals surface area contributed by atoms with Crippen LogP contribution in [0.5, 0.6) is 0 Å². The minimum Gasteiger partial charge on any atom is -0.444 e. The molecule has 1 saturated heterocycles. The quantitative estimate of drug-likeness (QED) is 0.723. The fraction of sp³-hybridized carbons (Fsp3) is 0.909. The molecule has 1 rings (SSSR count). The highest BCUT2D eigenvalue weighted by Gasteiger charge is 2.35. The summed E-state index contributed by atoms with van der Waals surface area (Å²) in [7, 11) is 0. The fourth-order valence-electron chi connectivity index (χ4n) is 1.83. The molecule has 1 amide bonds. The van der Waals surface area contributed by atoms with Crippen molar-refractivity contribution < 1.29 is 14.6 Å². The summed E-state index contributed by atoms with van der Waals surface area (Å²) in [6.07, 6.45) is 0.586. The van der Waals surface area contributed by atoms with Crippen molar-refractivity contribution in [3.63, 3.8) is 0 Å². The van der Waals surface area contributed by atoms with Gasteiger partial charge in [0.15, 0.2) is 0 Å². The lowest BCUT2D eigenvalue weighted by atomic mass is 10.0. The van der Waals surface area contributed by atoms with Crippen LogP contribution in [-0.4, -0.2) is 40.9 Å². The van der Waals surface area contributed by atoms with Gasteiger partial charge in [-0.3, -0.25) is 0 Å². The SMILES string of the molecule is C[C@H]1[C@@H](CO)CCN1C(=O)OC(C)(C)C. The Morgan fingerprint density at radius 2 is 2.13 bits per heavy atom. The highest BCUT2D eigenvalue weighted by Crippen LogP contribution is 2.25. The van der Waals surface area contributed by atoms with Crippen LogP contribution in [0.3, 0.4) is 0 Å². The molecule has 1 aliphatic heterocycles. The summed E-state index contributed by atoms with van der Waals surface area (Å²) in [5.41, 5.74) is -0.450. The lowest BCUT2D eigenvalue weighted by molar-refractivity contribution is 0.0212. The van der Waals surface area contributed by atoms with E-state index in [4.69, 9.17) is 9.84 Å². The first-order chi connectivity index (χ1) is 6.85. The molecule has 1 aliphatic rings. The van der Waals surface area contributed by atoms with Gasteiger partial charge < -0.3 is 14.7 Å². The molecule has 4 nitrogen and oxygen atoms in total. The minimum atomic E-state index is -0.450. The van der Waals surface area contributed by atoms with E-state index in [-0.39, 0.29) is 24.7 Å². The van der Waals surface area contributed by atoms with E-state index in [1.807, 2.05) is 27.7 Å². The number of hydrogen-bond acceptors (Lipinski definition) is 3. The van der Waals surface area contributed by atoms with Gasteiger partial charge in [0, 0.05) is 25.1 Å². The van der Waals surface area contributed by atoms with Crippen molar-refractivity contribution in [1.82, 2.24) is 4.90 Å². The third kappa shape index (κ3) is 3.09. The van der Waals surface area contributed by atoms with Crippen molar-refractivity contribution in [2.24, 2.45) is 5.92 Å². The largest absolute Gasteiger partial charge is 0.444 e. The molecule has 0 aromatic heterocycles. The Hall–Kier alpha value is -0.770. The molecule has 4 heteroatoms. The first-order valence-electron chi connectivity index (χ1n) is 5.45. The van der Waals surface area contributed by atoms with Crippen LogP contribution in [0.15, 0.2) is 0 Å². The molecule has 15 heavy (non-hydrogen) atoms. The van der Waals surface area contributed by atoms with Crippen LogP contribution in [0.25, 0.3) is 0 Å². The monoisotopic (exact) mass is 215 g/mol. The number of carbonyl (C=O) groups is 1. The number of nitrogens with zero attached hydrogens (tertiary/aromatic N) is 1. The second-order valence-corrected chi connectivity index (χ2v) is 5.15.